The molecule has 1 heterocycles. The molecule has 0 aliphatic rings. The summed E-state index contributed by atoms with van der Waals surface area (Å²) in [6, 6.07) is 5.37. The highest BCUT2D eigenvalue weighted by Crippen LogP contribution is 2.32. The maximum Gasteiger partial charge on any atom is 0.283 e. The van der Waals surface area contributed by atoms with Crippen LogP contribution in [0.15, 0.2) is 29.2 Å². The molecule has 11 heteroatoms. The monoisotopic (exact) mass is 427 g/mol. The van der Waals surface area contributed by atoms with Gasteiger partial charge in [0.1, 0.15) is 5.75 Å². The average molecular weight is 428 g/mol. The average Bonchev–Trinajstić information content (AvgIpc) is 3.04. The summed E-state index contributed by atoms with van der Waals surface area (Å²) < 4.78 is 31.9. The summed E-state index contributed by atoms with van der Waals surface area (Å²) in [4.78, 5) is 23.5. The molecule has 1 aromatic heterocycles. The van der Waals surface area contributed by atoms with Gasteiger partial charge in [0.15, 0.2) is 0 Å². The minimum absolute atomic E-state index is 0.0145. The topological polar surface area (TPSA) is 119 Å². The number of aryl methyl sites for hydroxylation is 1. The van der Waals surface area contributed by atoms with E-state index in [0.29, 0.717) is 18.0 Å². The van der Waals surface area contributed by atoms with Crippen molar-refractivity contribution in [2.24, 2.45) is 0 Å². The molecule has 9 nitrogen and oxygen atoms in total. The van der Waals surface area contributed by atoms with Crippen LogP contribution in [0, 0.1) is 17.0 Å². The van der Waals surface area contributed by atoms with Crippen molar-refractivity contribution in [2.45, 2.75) is 25.7 Å². The molecule has 28 heavy (non-hydrogen) atoms. The minimum Gasteiger partial charge on any atom is -0.495 e. The third kappa shape index (κ3) is 4.32. The van der Waals surface area contributed by atoms with E-state index in [4.69, 9.17) is 4.74 Å². The zero-order chi connectivity index (χ0) is 21.1. The van der Waals surface area contributed by atoms with E-state index in [2.05, 4.69) is 5.32 Å². The van der Waals surface area contributed by atoms with Gasteiger partial charge >= 0.3 is 0 Å². The van der Waals surface area contributed by atoms with Crippen LogP contribution in [0.2, 0.25) is 0 Å². The fourth-order valence-corrected chi connectivity index (χ4v) is 4.97. The Balaban J connectivity index is 2.41. The first-order valence-corrected chi connectivity index (χ1v) is 10.7. The molecule has 0 aliphatic heterocycles. The fraction of sp³-hybridized carbons (Fsp3) is 0.353. The van der Waals surface area contributed by atoms with Crippen LogP contribution in [0.4, 0.5) is 11.4 Å². The van der Waals surface area contributed by atoms with E-state index in [9.17, 15) is 23.3 Å². The van der Waals surface area contributed by atoms with Crippen LogP contribution in [0.25, 0.3) is 0 Å². The summed E-state index contributed by atoms with van der Waals surface area (Å²) in [6.07, 6.45) is 0. The normalized spacial score (nSPS) is 11.5. The van der Waals surface area contributed by atoms with Crippen molar-refractivity contribution in [3.05, 3.63) is 44.1 Å². The smallest absolute Gasteiger partial charge is 0.283 e. The molecule has 0 unspecified atom stereocenters. The SMILES string of the molecule is CCN(CC)S(=O)(=O)c1ccc(OC)c(NC(=O)c2cc([N+](=O)[O-])c(C)s2)c1. The summed E-state index contributed by atoms with van der Waals surface area (Å²) in [5.74, 6) is -0.313. The van der Waals surface area contributed by atoms with Crippen molar-refractivity contribution in [3.63, 3.8) is 0 Å². The van der Waals surface area contributed by atoms with E-state index >= 15 is 0 Å². The van der Waals surface area contributed by atoms with Crippen LogP contribution in [-0.4, -0.2) is 43.8 Å². The maximum absolute atomic E-state index is 12.7. The lowest BCUT2D eigenvalue weighted by Gasteiger charge is -2.19. The lowest BCUT2D eigenvalue weighted by molar-refractivity contribution is -0.385. The number of hydrogen-bond donors (Lipinski definition) is 1. The number of nitro groups is 1. The highest BCUT2D eigenvalue weighted by molar-refractivity contribution is 7.89. The van der Waals surface area contributed by atoms with E-state index in [1.807, 2.05) is 0 Å². The Morgan fingerprint density at radius 3 is 2.43 bits per heavy atom. The zero-order valence-electron chi connectivity index (χ0n) is 15.9. The molecule has 1 amide bonds. The number of hydrogen-bond acceptors (Lipinski definition) is 7. The molecule has 1 aromatic carbocycles. The number of nitrogens with zero attached hydrogens (tertiary/aromatic N) is 2. The Kier molecular flexibility index (Phi) is 6.75. The number of carbonyl (C=O) groups excluding carboxylic acids is 1. The van der Waals surface area contributed by atoms with Crippen LogP contribution < -0.4 is 10.1 Å². The molecule has 1 N–H and O–H groups in total. The van der Waals surface area contributed by atoms with Crippen molar-refractivity contribution in [3.8, 4) is 5.75 Å². The number of sulfonamides is 1. The number of methoxy groups -OCH3 is 1. The molecule has 0 bridgehead atoms. The highest BCUT2D eigenvalue weighted by Gasteiger charge is 2.24. The maximum atomic E-state index is 12.7. The Morgan fingerprint density at radius 1 is 1.29 bits per heavy atom. The van der Waals surface area contributed by atoms with Crippen LogP contribution >= 0.6 is 11.3 Å². The first kappa shape index (κ1) is 21.8. The lowest BCUT2D eigenvalue weighted by Crippen LogP contribution is -2.30. The van der Waals surface area contributed by atoms with Gasteiger partial charge < -0.3 is 10.1 Å². The van der Waals surface area contributed by atoms with Crippen LogP contribution in [0.3, 0.4) is 0 Å². The summed E-state index contributed by atoms with van der Waals surface area (Å²) >= 11 is 0.984. The van der Waals surface area contributed by atoms with Crippen molar-refractivity contribution in [1.82, 2.24) is 4.31 Å². The predicted octanol–water partition coefficient (Wildman–Crippen LogP) is 3.26. The van der Waals surface area contributed by atoms with Gasteiger partial charge in [-0.15, -0.1) is 11.3 Å². The predicted molar refractivity (Wildman–Crippen MR) is 107 cm³/mol. The number of amides is 1. The standard InChI is InChI=1S/C17H21N3O6S2/c1-5-19(6-2)28(24,25)12-7-8-15(26-4)13(9-12)18-17(21)16-10-14(20(22)23)11(3)27-16/h7-10H,5-6H2,1-4H3,(H,18,21). The largest absolute Gasteiger partial charge is 0.495 e. The second-order valence-corrected chi connectivity index (χ2v) is 8.91. The van der Waals surface area contributed by atoms with Crippen LogP contribution in [-0.2, 0) is 10.0 Å². The van der Waals surface area contributed by atoms with Crippen LogP contribution in [0.1, 0.15) is 28.4 Å². The third-order valence-corrected chi connectivity index (χ3v) is 7.16. The number of rotatable bonds is 8. The molecular weight excluding hydrogens is 406 g/mol. The van der Waals surface area contributed by atoms with Gasteiger partial charge in [-0.05, 0) is 25.1 Å². The van der Waals surface area contributed by atoms with E-state index in [0.717, 1.165) is 11.3 Å². The van der Waals surface area contributed by atoms with Gasteiger partial charge in [0.25, 0.3) is 11.6 Å². The van der Waals surface area contributed by atoms with Crippen LogP contribution in [0.5, 0.6) is 5.75 Å². The minimum atomic E-state index is -3.72. The number of nitrogens with one attached hydrogen (secondary N) is 1. The number of thiophene rings is 1. The highest BCUT2D eigenvalue weighted by atomic mass is 32.2. The number of benzene rings is 1. The first-order chi connectivity index (χ1) is 13.1. The Morgan fingerprint density at radius 2 is 1.93 bits per heavy atom. The molecule has 0 fully saturated rings. The number of anilines is 1. The first-order valence-electron chi connectivity index (χ1n) is 8.40. The van der Waals surface area contributed by atoms with Gasteiger partial charge in [0, 0.05) is 19.2 Å². The third-order valence-electron chi connectivity index (χ3n) is 4.07. The second-order valence-electron chi connectivity index (χ2n) is 5.71. The number of carbonyl (C=O) groups is 1. The molecular formula is C17H21N3O6S2. The zero-order valence-corrected chi connectivity index (χ0v) is 17.5. The molecule has 0 radical (unpaired) electrons. The summed E-state index contributed by atoms with van der Waals surface area (Å²) in [5.41, 5.74) is 0.0226. The van der Waals surface area contributed by atoms with E-state index in [1.54, 1.807) is 20.8 Å². The van der Waals surface area contributed by atoms with Gasteiger partial charge in [-0.1, -0.05) is 13.8 Å². The molecule has 2 aromatic rings. The molecule has 0 aliphatic carbocycles. The lowest BCUT2D eigenvalue weighted by atomic mass is 10.2. The van der Waals surface area contributed by atoms with Gasteiger partial charge in [0.05, 0.1) is 32.4 Å². The fourth-order valence-electron chi connectivity index (χ4n) is 2.61. The molecule has 0 saturated heterocycles. The summed E-state index contributed by atoms with van der Waals surface area (Å²) in [7, 11) is -2.33. The van der Waals surface area contributed by atoms with Crippen molar-refractivity contribution >= 4 is 38.6 Å². The molecule has 0 atom stereocenters. The quantitative estimate of drug-likeness (QED) is 0.510. The molecule has 2 rings (SSSR count). The molecule has 152 valence electrons. The van der Waals surface area contributed by atoms with Gasteiger partial charge in [0.2, 0.25) is 10.0 Å². The van der Waals surface area contributed by atoms with E-state index < -0.39 is 20.9 Å². The van der Waals surface area contributed by atoms with Crippen molar-refractivity contribution in [2.75, 3.05) is 25.5 Å². The van der Waals surface area contributed by atoms with Gasteiger partial charge in [-0.3, -0.25) is 14.9 Å². The van der Waals surface area contributed by atoms with Crippen molar-refractivity contribution in [1.29, 1.82) is 0 Å². The molecule has 0 spiro atoms. The number of ether oxygens (including phenoxy) is 1. The Bertz CT molecular complexity index is 996. The van der Waals surface area contributed by atoms with Gasteiger partial charge in [-0.25, -0.2) is 8.42 Å². The summed E-state index contributed by atoms with van der Waals surface area (Å²) in [5, 5.41) is 13.6. The van der Waals surface area contributed by atoms with E-state index in [1.165, 1.54) is 35.7 Å². The van der Waals surface area contributed by atoms with Gasteiger partial charge in [-0.2, -0.15) is 4.31 Å². The molecule has 0 saturated carbocycles. The summed E-state index contributed by atoms with van der Waals surface area (Å²) in [6.45, 7) is 5.64. The van der Waals surface area contributed by atoms with Crippen molar-refractivity contribution < 1.29 is 22.9 Å². The Hall–Kier alpha value is -2.50. The Labute approximate surface area is 167 Å². The second kappa shape index (κ2) is 8.67. The van der Waals surface area contributed by atoms with E-state index in [-0.39, 0.29) is 26.9 Å².